The molecule has 1 rings (SSSR count). The number of nitrogens with one attached hydrogen (secondary N) is 2. The second kappa shape index (κ2) is 13.1. The number of terminal acetylenes is 1. The molecule has 0 heterocycles. The van der Waals surface area contributed by atoms with Gasteiger partial charge in [-0.25, -0.2) is 4.79 Å². The van der Waals surface area contributed by atoms with Crippen LogP contribution in [0.2, 0.25) is 0 Å². The molecule has 3 amide bonds. The molecule has 0 aliphatic rings. The van der Waals surface area contributed by atoms with Gasteiger partial charge in [0.05, 0.1) is 6.61 Å². The SMILES string of the molecule is C#Cc1ccccc1C(C(=O)NCCCC)N(C(=O)C(CO)NC(=O)OC(C)(C)C)C(C)(C)CC. The van der Waals surface area contributed by atoms with E-state index in [2.05, 4.69) is 16.6 Å². The maximum absolute atomic E-state index is 13.9. The van der Waals surface area contributed by atoms with Crippen molar-refractivity contribution in [1.29, 1.82) is 0 Å². The molecule has 0 bridgehead atoms. The van der Waals surface area contributed by atoms with Crippen molar-refractivity contribution >= 4 is 17.9 Å². The largest absolute Gasteiger partial charge is 0.444 e. The number of ether oxygens (including phenoxy) is 1. The minimum Gasteiger partial charge on any atom is -0.444 e. The monoisotopic (exact) mass is 487 g/mol. The number of carbonyl (C=O) groups excluding carboxylic acids is 3. The van der Waals surface area contributed by atoms with Crippen molar-refractivity contribution in [2.24, 2.45) is 0 Å². The van der Waals surface area contributed by atoms with E-state index < -0.39 is 41.8 Å². The Morgan fingerprint density at radius 2 is 1.77 bits per heavy atom. The van der Waals surface area contributed by atoms with Crippen molar-refractivity contribution < 1.29 is 24.2 Å². The van der Waals surface area contributed by atoms with E-state index >= 15 is 0 Å². The summed E-state index contributed by atoms with van der Waals surface area (Å²) in [5.41, 5.74) is -0.640. The number of aliphatic hydroxyl groups is 1. The van der Waals surface area contributed by atoms with E-state index in [0.29, 0.717) is 24.1 Å². The standard InChI is InChI=1S/C27H41N3O5/c1-9-12-17-28-23(32)22(20-16-14-13-15-19(20)10-2)30(27(7,8)11-3)24(33)21(18-31)29-25(34)35-26(4,5)6/h2,13-16,21-22,31H,9,11-12,17-18H2,1,3-8H3,(H,28,32)(H,29,34). The molecule has 0 aromatic heterocycles. The third-order valence-corrected chi connectivity index (χ3v) is 5.67. The average Bonchev–Trinajstić information content (AvgIpc) is 2.79. The topological polar surface area (TPSA) is 108 Å². The summed E-state index contributed by atoms with van der Waals surface area (Å²) in [6.07, 6.45) is 7.07. The number of alkyl carbamates (subject to hydrolysis) is 1. The molecule has 0 aliphatic carbocycles. The average molecular weight is 488 g/mol. The van der Waals surface area contributed by atoms with Crippen LogP contribution in [-0.4, -0.2) is 58.2 Å². The first-order valence-electron chi connectivity index (χ1n) is 12.1. The minimum atomic E-state index is -1.32. The summed E-state index contributed by atoms with van der Waals surface area (Å²) in [5, 5.41) is 15.4. The number of nitrogens with zero attached hydrogens (tertiary/aromatic N) is 1. The number of unbranched alkanes of at least 4 members (excludes halogenated alkanes) is 1. The summed E-state index contributed by atoms with van der Waals surface area (Å²) in [6, 6.07) is 4.57. The lowest BCUT2D eigenvalue weighted by atomic mass is 9.90. The van der Waals surface area contributed by atoms with Gasteiger partial charge in [-0.15, -0.1) is 6.42 Å². The predicted molar refractivity (Wildman–Crippen MR) is 136 cm³/mol. The molecular formula is C27H41N3O5. The van der Waals surface area contributed by atoms with Gasteiger partial charge in [0.2, 0.25) is 11.8 Å². The van der Waals surface area contributed by atoms with Crippen molar-refractivity contribution in [1.82, 2.24) is 15.5 Å². The van der Waals surface area contributed by atoms with Gasteiger partial charge in [-0.1, -0.05) is 44.4 Å². The first-order valence-corrected chi connectivity index (χ1v) is 12.1. The van der Waals surface area contributed by atoms with E-state index in [1.165, 1.54) is 4.90 Å². The van der Waals surface area contributed by atoms with Crippen LogP contribution in [0.25, 0.3) is 0 Å². The molecule has 8 heteroatoms. The molecule has 2 unspecified atom stereocenters. The first-order chi connectivity index (χ1) is 16.3. The highest BCUT2D eigenvalue weighted by Crippen LogP contribution is 2.33. The van der Waals surface area contributed by atoms with Gasteiger partial charge in [-0.05, 0) is 59.1 Å². The molecule has 3 N–H and O–H groups in total. The fourth-order valence-electron chi connectivity index (χ4n) is 3.50. The summed E-state index contributed by atoms with van der Waals surface area (Å²) in [7, 11) is 0. The van der Waals surface area contributed by atoms with E-state index in [1.807, 2.05) is 27.7 Å². The molecule has 0 saturated carbocycles. The van der Waals surface area contributed by atoms with Crippen LogP contribution in [0.3, 0.4) is 0 Å². The summed E-state index contributed by atoms with van der Waals surface area (Å²) >= 11 is 0. The molecule has 8 nitrogen and oxygen atoms in total. The zero-order valence-corrected chi connectivity index (χ0v) is 22.1. The number of rotatable bonds is 11. The number of carbonyl (C=O) groups is 3. The molecule has 1 aromatic carbocycles. The van der Waals surface area contributed by atoms with Crippen molar-refractivity contribution in [3.8, 4) is 12.3 Å². The van der Waals surface area contributed by atoms with Gasteiger partial charge < -0.3 is 25.4 Å². The van der Waals surface area contributed by atoms with Crippen molar-refractivity contribution in [3.05, 3.63) is 35.4 Å². The van der Waals surface area contributed by atoms with Crippen molar-refractivity contribution in [3.63, 3.8) is 0 Å². The lowest BCUT2D eigenvalue weighted by Crippen LogP contribution is -2.60. The quantitative estimate of drug-likeness (QED) is 0.327. The Morgan fingerprint density at radius 3 is 2.29 bits per heavy atom. The van der Waals surface area contributed by atoms with Crippen LogP contribution in [0.15, 0.2) is 24.3 Å². The zero-order valence-electron chi connectivity index (χ0n) is 22.1. The van der Waals surface area contributed by atoms with Crippen LogP contribution >= 0.6 is 0 Å². The third kappa shape index (κ3) is 8.59. The van der Waals surface area contributed by atoms with Crippen LogP contribution in [0.4, 0.5) is 4.79 Å². The minimum absolute atomic E-state index is 0.384. The van der Waals surface area contributed by atoms with E-state index in [4.69, 9.17) is 11.2 Å². The highest BCUT2D eigenvalue weighted by atomic mass is 16.6. The smallest absolute Gasteiger partial charge is 0.408 e. The Morgan fingerprint density at radius 1 is 1.14 bits per heavy atom. The Bertz CT molecular complexity index is 914. The molecule has 0 saturated heterocycles. The Hall–Kier alpha value is -3.05. The van der Waals surface area contributed by atoms with Gasteiger partial charge in [0, 0.05) is 17.6 Å². The highest BCUT2D eigenvalue weighted by molar-refractivity contribution is 5.93. The number of aliphatic hydroxyl groups excluding tert-OH is 1. The molecular weight excluding hydrogens is 446 g/mol. The molecule has 0 fully saturated rings. The van der Waals surface area contributed by atoms with Crippen LogP contribution in [0.5, 0.6) is 0 Å². The highest BCUT2D eigenvalue weighted by Gasteiger charge is 2.43. The van der Waals surface area contributed by atoms with E-state index in [-0.39, 0.29) is 5.91 Å². The van der Waals surface area contributed by atoms with Crippen LogP contribution in [-0.2, 0) is 14.3 Å². The molecule has 194 valence electrons. The molecule has 35 heavy (non-hydrogen) atoms. The van der Waals surface area contributed by atoms with Crippen LogP contribution in [0, 0.1) is 12.3 Å². The third-order valence-electron chi connectivity index (χ3n) is 5.67. The maximum Gasteiger partial charge on any atom is 0.408 e. The second-order valence-electron chi connectivity index (χ2n) is 10.0. The second-order valence-corrected chi connectivity index (χ2v) is 10.0. The van der Waals surface area contributed by atoms with Gasteiger partial charge in [0.1, 0.15) is 17.7 Å². The fourth-order valence-corrected chi connectivity index (χ4v) is 3.50. The number of amides is 3. The summed E-state index contributed by atoms with van der Waals surface area (Å²) < 4.78 is 5.27. The van der Waals surface area contributed by atoms with Gasteiger partial charge >= 0.3 is 6.09 Å². The van der Waals surface area contributed by atoms with E-state index in [1.54, 1.807) is 45.0 Å². The molecule has 0 spiro atoms. The Kier molecular flexibility index (Phi) is 11.3. The predicted octanol–water partition coefficient (Wildman–Crippen LogP) is 3.53. The van der Waals surface area contributed by atoms with Crippen molar-refractivity contribution in [2.45, 2.75) is 91.0 Å². The van der Waals surface area contributed by atoms with E-state index in [9.17, 15) is 19.5 Å². The first kappa shape index (κ1) is 30.0. The molecule has 0 aliphatic heterocycles. The zero-order chi connectivity index (χ0) is 26.8. The van der Waals surface area contributed by atoms with Gasteiger partial charge in [-0.2, -0.15) is 0 Å². The van der Waals surface area contributed by atoms with Gasteiger partial charge in [-0.3, -0.25) is 9.59 Å². The Labute approximate surface area is 209 Å². The van der Waals surface area contributed by atoms with Gasteiger partial charge in [0.25, 0.3) is 0 Å². The summed E-state index contributed by atoms with van der Waals surface area (Å²) in [4.78, 5) is 41.3. The van der Waals surface area contributed by atoms with E-state index in [0.717, 1.165) is 12.8 Å². The normalized spacial score (nSPS) is 13.2. The van der Waals surface area contributed by atoms with Crippen LogP contribution in [0.1, 0.15) is 84.9 Å². The lowest BCUT2D eigenvalue weighted by molar-refractivity contribution is -0.150. The lowest BCUT2D eigenvalue weighted by Gasteiger charge is -2.44. The molecule has 0 radical (unpaired) electrons. The van der Waals surface area contributed by atoms with Gasteiger partial charge in [0.15, 0.2) is 0 Å². The maximum atomic E-state index is 13.9. The Balaban J connectivity index is 3.58. The summed E-state index contributed by atoms with van der Waals surface area (Å²) in [6.45, 7) is 12.4. The van der Waals surface area contributed by atoms with Crippen LogP contribution < -0.4 is 10.6 Å². The van der Waals surface area contributed by atoms with Crippen molar-refractivity contribution in [2.75, 3.05) is 13.2 Å². The number of benzene rings is 1. The number of hydrogen-bond acceptors (Lipinski definition) is 5. The summed E-state index contributed by atoms with van der Waals surface area (Å²) in [5.74, 6) is 1.60. The molecule has 2 atom stereocenters. The molecule has 1 aromatic rings. The number of hydrogen-bond donors (Lipinski definition) is 3. The fraction of sp³-hybridized carbons (Fsp3) is 0.593.